The molecule has 0 amide bonds. The summed E-state index contributed by atoms with van der Waals surface area (Å²) in [4.78, 5) is 3.25. The summed E-state index contributed by atoms with van der Waals surface area (Å²) in [6.45, 7) is 1.28. The third-order valence-corrected chi connectivity index (χ3v) is 2.87. The highest BCUT2D eigenvalue weighted by atomic mass is 16.3. The van der Waals surface area contributed by atoms with Gasteiger partial charge in [-0.25, -0.2) is 0 Å². The Kier molecular flexibility index (Phi) is 1.48. The summed E-state index contributed by atoms with van der Waals surface area (Å²) in [7, 11) is 0. The van der Waals surface area contributed by atoms with Gasteiger partial charge in [0.05, 0.1) is 5.69 Å². The van der Waals surface area contributed by atoms with Crippen molar-refractivity contribution in [1.29, 1.82) is 0 Å². The molecule has 1 aromatic carbocycles. The van der Waals surface area contributed by atoms with Gasteiger partial charge in [-0.15, -0.1) is 0 Å². The van der Waals surface area contributed by atoms with Crippen molar-refractivity contribution in [1.82, 2.24) is 10.3 Å². The van der Waals surface area contributed by atoms with E-state index in [1.807, 2.05) is 30.3 Å². The highest BCUT2D eigenvalue weighted by Crippen LogP contribution is 2.27. The quantitative estimate of drug-likeness (QED) is 0.624. The number of H-pyrrole nitrogens is 1. The Morgan fingerprint density at radius 3 is 2.64 bits per heavy atom. The minimum absolute atomic E-state index is 0.639. The van der Waals surface area contributed by atoms with E-state index in [-0.39, 0.29) is 0 Å². The summed E-state index contributed by atoms with van der Waals surface area (Å²) < 4.78 is 0. The maximum Gasteiger partial charge on any atom is 0.129 e. The zero-order valence-electron chi connectivity index (χ0n) is 7.75. The van der Waals surface area contributed by atoms with E-state index in [9.17, 15) is 5.11 Å². The monoisotopic (exact) mass is 188 g/mol. The van der Waals surface area contributed by atoms with Gasteiger partial charge in [-0.1, -0.05) is 18.2 Å². The topological polar surface area (TPSA) is 48.0 Å². The Bertz CT molecular complexity index is 438. The Balaban J connectivity index is 2.14. The number of para-hydroxylation sites is 1. The lowest BCUT2D eigenvalue weighted by atomic mass is 9.93. The van der Waals surface area contributed by atoms with E-state index in [1.54, 1.807) is 0 Å². The fourth-order valence-corrected chi connectivity index (χ4v) is 1.88. The second-order valence-corrected chi connectivity index (χ2v) is 3.91. The van der Waals surface area contributed by atoms with Gasteiger partial charge >= 0.3 is 0 Å². The molecule has 3 rings (SSSR count). The first-order valence-electron chi connectivity index (χ1n) is 4.79. The van der Waals surface area contributed by atoms with Gasteiger partial charge in [-0.3, -0.25) is 0 Å². The number of β-amino-alcohol motifs (C(OH)–C–C–N with tert-alkyl or cyclic N) is 1. The SMILES string of the molecule is OC1(c2cc3ccccc3[nH]2)CNC1. The van der Waals surface area contributed by atoms with Crippen LogP contribution in [-0.4, -0.2) is 23.2 Å². The van der Waals surface area contributed by atoms with Gasteiger partial charge in [0.25, 0.3) is 0 Å². The number of aromatic nitrogens is 1. The third-order valence-electron chi connectivity index (χ3n) is 2.87. The molecule has 14 heavy (non-hydrogen) atoms. The molecule has 0 atom stereocenters. The second kappa shape index (κ2) is 2.59. The fourth-order valence-electron chi connectivity index (χ4n) is 1.88. The van der Waals surface area contributed by atoms with Crippen molar-refractivity contribution in [3.8, 4) is 0 Å². The molecule has 2 heterocycles. The van der Waals surface area contributed by atoms with Crippen LogP contribution in [-0.2, 0) is 5.60 Å². The van der Waals surface area contributed by atoms with Crippen LogP contribution in [0.3, 0.4) is 0 Å². The molecule has 3 heteroatoms. The van der Waals surface area contributed by atoms with E-state index in [4.69, 9.17) is 0 Å². The van der Waals surface area contributed by atoms with E-state index in [0.717, 1.165) is 16.6 Å². The first-order chi connectivity index (χ1) is 6.78. The summed E-state index contributed by atoms with van der Waals surface area (Å²) in [5.41, 5.74) is 1.32. The smallest absolute Gasteiger partial charge is 0.129 e. The van der Waals surface area contributed by atoms with Crippen molar-refractivity contribution < 1.29 is 5.11 Å². The molecule has 0 saturated carbocycles. The van der Waals surface area contributed by atoms with Crippen LogP contribution in [0.25, 0.3) is 10.9 Å². The number of rotatable bonds is 1. The lowest BCUT2D eigenvalue weighted by Gasteiger charge is -2.36. The molecule has 1 aliphatic rings. The summed E-state index contributed by atoms with van der Waals surface area (Å²) >= 11 is 0. The van der Waals surface area contributed by atoms with Crippen molar-refractivity contribution in [3.05, 3.63) is 36.0 Å². The van der Waals surface area contributed by atoms with Crippen LogP contribution in [0, 0.1) is 0 Å². The average molecular weight is 188 g/mol. The number of aromatic amines is 1. The predicted octanol–water partition coefficient (Wildman–Crippen LogP) is 0.959. The van der Waals surface area contributed by atoms with E-state index in [0.29, 0.717) is 13.1 Å². The molecule has 0 radical (unpaired) electrons. The molecule has 0 spiro atoms. The van der Waals surface area contributed by atoms with Gasteiger partial charge < -0.3 is 15.4 Å². The van der Waals surface area contributed by atoms with Crippen LogP contribution >= 0.6 is 0 Å². The highest BCUT2D eigenvalue weighted by molar-refractivity contribution is 5.80. The number of fused-ring (bicyclic) bond motifs is 1. The summed E-state index contributed by atoms with van der Waals surface area (Å²) in [5, 5.41) is 14.3. The normalized spacial score (nSPS) is 19.5. The minimum Gasteiger partial charge on any atom is -0.381 e. The highest BCUT2D eigenvalue weighted by Gasteiger charge is 2.37. The Morgan fingerprint density at radius 2 is 2.00 bits per heavy atom. The van der Waals surface area contributed by atoms with Crippen LogP contribution in [0.1, 0.15) is 5.69 Å². The molecule has 1 aromatic heterocycles. The molecule has 0 aliphatic carbocycles. The van der Waals surface area contributed by atoms with Gasteiger partial charge in [0.2, 0.25) is 0 Å². The molecule has 3 nitrogen and oxygen atoms in total. The number of hydrogen-bond acceptors (Lipinski definition) is 2. The molecule has 2 aromatic rings. The first-order valence-corrected chi connectivity index (χ1v) is 4.79. The van der Waals surface area contributed by atoms with Crippen LogP contribution in [0.2, 0.25) is 0 Å². The van der Waals surface area contributed by atoms with Gasteiger partial charge in [-0.05, 0) is 17.5 Å². The molecule has 0 unspecified atom stereocenters. The summed E-state index contributed by atoms with van der Waals surface area (Å²) in [5.74, 6) is 0. The van der Waals surface area contributed by atoms with Crippen molar-refractivity contribution >= 4 is 10.9 Å². The van der Waals surface area contributed by atoms with Crippen LogP contribution in [0.5, 0.6) is 0 Å². The molecule has 3 N–H and O–H groups in total. The van der Waals surface area contributed by atoms with E-state index in [2.05, 4.69) is 10.3 Å². The second-order valence-electron chi connectivity index (χ2n) is 3.91. The number of hydrogen-bond donors (Lipinski definition) is 3. The zero-order chi connectivity index (χ0) is 9.60. The molecule has 72 valence electrons. The lowest BCUT2D eigenvalue weighted by Crippen LogP contribution is -2.56. The van der Waals surface area contributed by atoms with E-state index in [1.165, 1.54) is 0 Å². The maximum absolute atomic E-state index is 10.1. The van der Waals surface area contributed by atoms with Gasteiger partial charge in [0.1, 0.15) is 5.60 Å². The Hall–Kier alpha value is -1.32. The minimum atomic E-state index is -0.682. The molecular weight excluding hydrogens is 176 g/mol. The molecular formula is C11H12N2O. The number of aliphatic hydroxyl groups is 1. The van der Waals surface area contributed by atoms with Crippen LogP contribution in [0.4, 0.5) is 0 Å². The van der Waals surface area contributed by atoms with Crippen molar-refractivity contribution in [3.63, 3.8) is 0 Å². The molecule has 1 saturated heterocycles. The zero-order valence-corrected chi connectivity index (χ0v) is 7.75. The maximum atomic E-state index is 10.1. The Labute approximate surface area is 81.8 Å². The van der Waals surface area contributed by atoms with Crippen molar-refractivity contribution in [2.24, 2.45) is 0 Å². The standard InChI is InChI=1S/C11H12N2O/c14-11(6-12-7-11)10-5-8-3-1-2-4-9(8)13-10/h1-5,12-14H,6-7H2. The first kappa shape index (κ1) is 8.03. The van der Waals surface area contributed by atoms with Gasteiger partial charge in [0.15, 0.2) is 0 Å². The lowest BCUT2D eigenvalue weighted by molar-refractivity contribution is -0.0179. The van der Waals surface area contributed by atoms with E-state index >= 15 is 0 Å². The third kappa shape index (κ3) is 0.997. The van der Waals surface area contributed by atoms with Gasteiger partial charge in [0, 0.05) is 18.6 Å². The average Bonchev–Trinajstić information content (AvgIpc) is 2.57. The van der Waals surface area contributed by atoms with Crippen LogP contribution in [0.15, 0.2) is 30.3 Å². The summed E-state index contributed by atoms with van der Waals surface area (Å²) in [6, 6.07) is 10.1. The van der Waals surface area contributed by atoms with Gasteiger partial charge in [-0.2, -0.15) is 0 Å². The molecule has 1 fully saturated rings. The summed E-state index contributed by atoms with van der Waals surface area (Å²) in [6.07, 6.45) is 0. The Morgan fingerprint density at radius 1 is 1.21 bits per heavy atom. The number of nitrogens with one attached hydrogen (secondary N) is 2. The van der Waals surface area contributed by atoms with Crippen molar-refractivity contribution in [2.75, 3.05) is 13.1 Å². The van der Waals surface area contributed by atoms with E-state index < -0.39 is 5.60 Å². The fraction of sp³-hybridized carbons (Fsp3) is 0.273. The molecule has 0 bridgehead atoms. The van der Waals surface area contributed by atoms with Crippen LogP contribution < -0.4 is 5.32 Å². The largest absolute Gasteiger partial charge is 0.381 e. The molecule has 1 aliphatic heterocycles. The van der Waals surface area contributed by atoms with Crippen molar-refractivity contribution in [2.45, 2.75) is 5.60 Å². The number of benzene rings is 1. The predicted molar refractivity (Wildman–Crippen MR) is 55.1 cm³/mol.